The molecule has 0 unspecified atom stereocenters. The number of rotatable bonds is 5. The zero-order chi connectivity index (χ0) is 16.9. The van der Waals surface area contributed by atoms with Crippen molar-refractivity contribution in [2.75, 3.05) is 17.3 Å². The number of piperidine rings is 1. The number of pyridine rings is 1. The molecule has 0 atom stereocenters. The van der Waals surface area contributed by atoms with E-state index in [4.69, 9.17) is 4.74 Å². The Hall–Kier alpha value is -2.89. The maximum Gasteiger partial charge on any atom is 0.233 e. The Morgan fingerprint density at radius 2 is 1.96 bits per heavy atom. The van der Waals surface area contributed by atoms with Gasteiger partial charge in [0.1, 0.15) is 5.75 Å². The maximum atomic E-state index is 12.0. The minimum Gasteiger partial charge on any atom is -0.495 e. The average Bonchev–Trinajstić information content (AvgIpc) is 2.61. The molecule has 1 fully saturated rings. The van der Waals surface area contributed by atoms with Gasteiger partial charge in [0.2, 0.25) is 11.8 Å². The lowest BCUT2D eigenvalue weighted by Gasteiger charge is -2.25. The van der Waals surface area contributed by atoms with Gasteiger partial charge < -0.3 is 10.1 Å². The molecule has 2 aromatic rings. The molecule has 1 N–H and O–H groups in total. The summed E-state index contributed by atoms with van der Waals surface area (Å²) >= 11 is 0. The Morgan fingerprint density at radius 1 is 1.17 bits per heavy atom. The first kappa shape index (κ1) is 16.0. The molecule has 2 heterocycles. The molecule has 1 aliphatic rings. The maximum absolute atomic E-state index is 12.0. The summed E-state index contributed by atoms with van der Waals surface area (Å²) in [6, 6.07) is 11.0. The lowest BCUT2D eigenvalue weighted by Crippen LogP contribution is -2.40. The predicted octanol–water partition coefficient (Wildman–Crippen LogP) is 2.75. The molecule has 0 spiro atoms. The zero-order valence-electron chi connectivity index (χ0n) is 13.5. The van der Waals surface area contributed by atoms with E-state index in [0.717, 1.165) is 11.4 Å². The molecule has 1 saturated heterocycles. The first-order chi connectivity index (χ1) is 11.7. The molecule has 0 aliphatic carbocycles. The average molecular weight is 325 g/mol. The molecule has 3 rings (SSSR count). The monoisotopic (exact) mass is 325 g/mol. The van der Waals surface area contributed by atoms with Crippen LogP contribution in [0.1, 0.15) is 25.0 Å². The number of hydrogen-bond donors (Lipinski definition) is 1. The van der Waals surface area contributed by atoms with Gasteiger partial charge in [0, 0.05) is 18.5 Å². The number of carbonyl (C=O) groups is 2. The number of ether oxygens (including phenoxy) is 1. The quantitative estimate of drug-likeness (QED) is 0.856. The van der Waals surface area contributed by atoms with Gasteiger partial charge in [-0.05, 0) is 36.8 Å². The smallest absolute Gasteiger partial charge is 0.233 e. The van der Waals surface area contributed by atoms with E-state index >= 15 is 0 Å². The number of hydrogen-bond acceptors (Lipinski definition) is 5. The highest BCUT2D eigenvalue weighted by atomic mass is 16.5. The van der Waals surface area contributed by atoms with E-state index in [-0.39, 0.29) is 11.8 Å². The molecule has 6 nitrogen and oxygen atoms in total. The van der Waals surface area contributed by atoms with Gasteiger partial charge in [-0.15, -0.1) is 0 Å². The Bertz CT molecular complexity index is 727. The lowest BCUT2D eigenvalue weighted by molar-refractivity contribution is -0.129. The molecule has 6 heteroatoms. The highest BCUT2D eigenvalue weighted by Crippen LogP contribution is 2.25. The molecule has 0 saturated carbocycles. The second kappa shape index (κ2) is 7.12. The standard InChI is InChI=1S/C18H19N3O3/c1-24-16-9-8-14(20-12-16)11-19-13-4-2-5-15(10-13)21-17(22)6-3-7-18(21)23/h2,4-5,8-10,12,19H,3,6-7,11H2,1H3. The molecule has 0 radical (unpaired) electrons. The van der Waals surface area contributed by atoms with Gasteiger partial charge in [0.15, 0.2) is 0 Å². The number of amides is 2. The molecule has 2 amide bonds. The van der Waals surface area contributed by atoms with Gasteiger partial charge in [-0.1, -0.05) is 6.07 Å². The van der Waals surface area contributed by atoms with Crippen LogP contribution >= 0.6 is 0 Å². The van der Waals surface area contributed by atoms with E-state index in [1.165, 1.54) is 4.90 Å². The third kappa shape index (κ3) is 3.53. The molecule has 124 valence electrons. The van der Waals surface area contributed by atoms with Crippen LogP contribution in [-0.4, -0.2) is 23.9 Å². The van der Waals surface area contributed by atoms with Crippen molar-refractivity contribution in [3.05, 3.63) is 48.3 Å². The summed E-state index contributed by atoms with van der Waals surface area (Å²) in [5.74, 6) is 0.434. The molecule has 0 bridgehead atoms. The SMILES string of the molecule is COc1ccc(CNc2cccc(N3C(=O)CCCC3=O)c2)nc1. The summed E-state index contributed by atoms with van der Waals surface area (Å²) in [6.45, 7) is 0.537. The van der Waals surface area contributed by atoms with Crippen LogP contribution in [-0.2, 0) is 16.1 Å². The fourth-order valence-corrected chi connectivity index (χ4v) is 2.63. The fourth-order valence-electron chi connectivity index (χ4n) is 2.63. The van der Waals surface area contributed by atoms with E-state index in [0.29, 0.717) is 37.2 Å². The second-order valence-corrected chi connectivity index (χ2v) is 5.57. The van der Waals surface area contributed by atoms with Crippen molar-refractivity contribution in [3.63, 3.8) is 0 Å². The van der Waals surface area contributed by atoms with Crippen molar-refractivity contribution in [2.45, 2.75) is 25.8 Å². The lowest BCUT2D eigenvalue weighted by atomic mass is 10.1. The third-order valence-electron chi connectivity index (χ3n) is 3.89. The van der Waals surface area contributed by atoms with Crippen LogP contribution in [0.15, 0.2) is 42.6 Å². The van der Waals surface area contributed by atoms with Gasteiger partial charge in [-0.25, -0.2) is 0 Å². The number of nitrogens with zero attached hydrogens (tertiary/aromatic N) is 2. The topological polar surface area (TPSA) is 71.5 Å². The van der Waals surface area contributed by atoms with Gasteiger partial charge in [0.05, 0.1) is 31.2 Å². The molecule has 1 aromatic carbocycles. The number of methoxy groups -OCH3 is 1. The van der Waals surface area contributed by atoms with Crippen LogP contribution in [0.4, 0.5) is 11.4 Å². The van der Waals surface area contributed by atoms with Gasteiger partial charge in [0.25, 0.3) is 0 Å². The molecular formula is C18H19N3O3. The van der Waals surface area contributed by atoms with Crippen LogP contribution in [0.25, 0.3) is 0 Å². The van der Waals surface area contributed by atoms with Crippen molar-refractivity contribution < 1.29 is 14.3 Å². The number of nitrogens with one attached hydrogen (secondary N) is 1. The number of imide groups is 1. The van der Waals surface area contributed by atoms with Gasteiger partial charge in [-0.2, -0.15) is 0 Å². The summed E-state index contributed by atoms with van der Waals surface area (Å²) in [5, 5.41) is 3.25. The minimum atomic E-state index is -0.139. The number of anilines is 2. The Kier molecular flexibility index (Phi) is 4.74. The fraction of sp³-hybridized carbons (Fsp3) is 0.278. The largest absolute Gasteiger partial charge is 0.495 e. The predicted molar refractivity (Wildman–Crippen MR) is 90.9 cm³/mol. The highest BCUT2D eigenvalue weighted by molar-refractivity contribution is 6.16. The van der Waals surface area contributed by atoms with Crippen LogP contribution in [0.3, 0.4) is 0 Å². The molecule has 1 aliphatic heterocycles. The zero-order valence-corrected chi connectivity index (χ0v) is 13.5. The van der Waals surface area contributed by atoms with Crippen LogP contribution in [0.2, 0.25) is 0 Å². The summed E-state index contributed by atoms with van der Waals surface area (Å²) < 4.78 is 5.08. The first-order valence-corrected chi connectivity index (χ1v) is 7.86. The summed E-state index contributed by atoms with van der Waals surface area (Å²) in [4.78, 5) is 29.6. The van der Waals surface area contributed by atoms with E-state index in [1.807, 2.05) is 30.3 Å². The summed E-state index contributed by atoms with van der Waals surface area (Å²) in [7, 11) is 1.60. The normalized spacial score (nSPS) is 14.6. The van der Waals surface area contributed by atoms with E-state index in [2.05, 4.69) is 10.3 Å². The van der Waals surface area contributed by atoms with Gasteiger partial charge >= 0.3 is 0 Å². The van der Waals surface area contributed by atoms with Crippen molar-refractivity contribution >= 4 is 23.2 Å². The summed E-state index contributed by atoms with van der Waals surface area (Å²) in [5.41, 5.74) is 2.31. The second-order valence-electron chi connectivity index (χ2n) is 5.57. The van der Waals surface area contributed by atoms with E-state index < -0.39 is 0 Å². The van der Waals surface area contributed by atoms with Crippen molar-refractivity contribution in [1.29, 1.82) is 0 Å². The highest BCUT2D eigenvalue weighted by Gasteiger charge is 2.27. The summed E-state index contributed by atoms with van der Waals surface area (Å²) in [6.07, 6.45) is 3.13. The molecule has 1 aromatic heterocycles. The van der Waals surface area contributed by atoms with Gasteiger partial charge in [-0.3, -0.25) is 19.5 Å². The van der Waals surface area contributed by atoms with Crippen LogP contribution in [0.5, 0.6) is 5.75 Å². The van der Waals surface area contributed by atoms with Crippen LogP contribution < -0.4 is 15.0 Å². The van der Waals surface area contributed by atoms with Crippen molar-refractivity contribution in [2.24, 2.45) is 0 Å². The Morgan fingerprint density at radius 3 is 2.62 bits per heavy atom. The Balaban J connectivity index is 1.70. The van der Waals surface area contributed by atoms with Crippen molar-refractivity contribution in [3.8, 4) is 5.75 Å². The van der Waals surface area contributed by atoms with E-state index in [9.17, 15) is 9.59 Å². The number of aromatic nitrogens is 1. The number of benzene rings is 1. The molecule has 24 heavy (non-hydrogen) atoms. The molecular weight excluding hydrogens is 306 g/mol. The number of carbonyl (C=O) groups excluding carboxylic acids is 2. The van der Waals surface area contributed by atoms with Crippen LogP contribution in [0, 0.1) is 0 Å². The van der Waals surface area contributed by atoms with E-state index in [1.54, 1.807) is 19.4 Å². The minimum absolute atomic E-state index is 0.139. The first-order valence-electron chi connectivity index (χ1n) is 7.86. The third-order valence-corrected chi connectivity index (χ3v) is 3.89. The Labute approximate surface area is 140 Å². The van der Waals surface area contributed by atoms with Crippen molar-refractivity contribution in [1.82, 2.24) is 4.98 Å².